The Morgan fingerprint density at radius 2 is 2.00 bits per heavy atom. The van der Waals surface area contributed by atoms with E-state index < -0.39 is 12.0 Å². The van der Waals surface area contributed by atoms with Gasteiger partial charge in [-0.3, -0.25) is 4.79 Å². The number of hydrogen-bond acceptors (Lipinski definition) is 4. The molecule has 11 heavy (non-hydrogen) atoms. The Morgan fingerprint density at radius 3 is 2.45 bits per heavy atom. The summed E-state index contributed by atoms with van der Waals surface area (Å²) in [5.41, 5.74) is 9.45. The van der Waals surface area contributed by atoms with Crippen LogP contribution in [0.4, 0.5) is 4.79 Å². The molecule has 0 radical (unpaired) electrons. The van der Waals surface area contributed by atoms with Crippen LogP contribution < -0.4 is 16.8 Å². The molecule has 0 aromatic rings. The van der Waals surface area contributed by atoms with Crippen LogP contribution in [0.15, 0.2) is 0 Å². The summed E-state index contributed by atoms with van der Waals surface area (Å²) in [6.45, 7) is 0.580. The molecule has 5 N–H and O–H groups in total. The Balaban J connectivity index is 3.03. The third kappa shape index (κ3) is 8.70. The fourth-order valence-corrected chi connectivity index (χ4v) is 0.435. The van der Waals surface area contributed by atoms with Crippen molar-refractivity contribution in [1.29, 1.82) is 0 Å². The molecule has 0 aliphatic heterocycles. The molecular weight excluding hydrogens is 150 g/mol. The van der Waals surface area contributed by atoms with Crippen molar-refractivity contribution >= 4 is 12.0 Å². The first-order chi connectivity index (χ1) is 5.13. The summed E-state index contributed by atoms with van der Waals surface area (Å²) >= 11 is 0. The summed E-state index contributed by atoms with van der Waals surface area (Å²) in [6.07, 6.45) is -0.828. The van der Waals surface area contributed by atoms with Crippen molar-refractivity contribution in [3.05, 3.63) is 0 Å². The van der Waals surface area contributed by atoms with E-state index in [4.69, 9.17) is 5.73 Å². The maximum Gasteiger partial charge on any atom is 0.404 e. The number of rotatable bonds is 5. The van der Waals surface area contributed by atoms with Crippen LogP contribution >= 0.6 is 0 Å². The number of nitrogens with two attached hydrogens (primary N) is 2. The van der Waals surface area contributed by atoms with E-state index in [9.17, 15) is 9.59 Å². The Hall–Kier alpha value is -1.30. The van der Waals surface area contributed by atoms with Gasteiger partial charge in [0.15, 0.2) is 0 Å². The number of hydrogen-bond donors (Lipinski definition) is 3. The van der Waals surface area contributed by atoms with E-state index >= 15 is 0 Å². The molecule has 0 aliphatic rings. The van der Waals surface area contributed by atoms with E-state index in [1.807, 2.05) is 0 Å². The van der Waals surface area contributed by atoms with Gasteiger partial charge < -0.3 is 21.5 Å². The normalized spacial score (nSPS) is 9.09. The Bertz CT molecular complexity index is 132. The Kier molecular flexibility index (Phi) is 4.83. The number of amides is 2. The van der Waals surface area contributed by atoms with Crippen LogP contribution in [0.5, 0.6) is 0 Å². The van der Waals surface area contributed by atoms with Crippen LogP contribution in [0.25, 0.3) is 0 Å². The van der Waals surface area contributed by atoms with Crippen LogP contribution in [0, 0.1) is 0 Å². The third-order valence-electron chi connectivity index (χ3n) is 0.822. The predicted molar refractivity (Wildman–Crippen MR) is 37.6 cm³/mol. The van der Waals surface area contributed by atoms with Gasteiger partial charge in [-0.1, -0.05) is 0 Å². The second-order valence-corrected chi connectivity index (χ2v) is 1.81. The predicted octanol–water partition coefficient (Wildman–Crippen LogP) is -1.84. The monoisotopic (exact) mass is 161 g/mol. The molecular formula is C5H11N3O3. The van der Waals surface area contributed by atoms with Crippen LogP contribution in [-0.2, 0) is 9.53 Å². The summed E-state index contributed by atoms with van der Waals surface area (Å²) < 4.78 is 4.35. The fourth-order valence-electron chi connectivity index (χ4n) is 0.435. The van der Waals surface area contributed by atoms with Gasteiger partial charge >= 0.3 is 6.09 Å². The minimum absolute atomic E-state index is 0.0715. The first-order valence-corrected chi connectivity index (χ1v) is 3.04. The summed E-state index contributed by atoms with van der Waals surface area (Å²) in [6, 6.07) is 0. The molecule has 0 spiro atoms. The lowest BCUT2D eigenvalue weighted by Crippen LogP contribution is -2.31. The van der Waals surface area contributed by atoms with E-state index in [0.29, 0.717) is 6.54 Å². The van der Waals surface area contributed by atoms with Crippen molar-refractivity contribution in [2.45, 2.75) is 0 Å². The first kappa shape index (κ1) is 9.70. The van der Waals surface area contributed by atoms with Crippen molar-refractivity contribution in [2.24, 2.45) is 11.5 Å². The molecule has 0 aliphatic carbocycles. The molecule has 0 saturated heterocycles. The lowest BCUT2D eigenvalue weighted by Gasteiger charge is -2.01. The number of primary amides is 2. The lowest BCUT2D eigenvalue weighted by atomic mass is 10.6. The molecule has 0 atom stereocenters. The molecule has 6 heteroatoms. The fraction of sp³-hybridized carbons (Fsp3) is 0.600. The van der Waals surface area contributed by atoms with Crippen molar-refractivity contribution in [3.8, 4) is 0 Å². The molecule has 0 saturated carbocycles. The zero-order chi connectivity index (χ0) is 8.69. The van der Waals surface area contributed by atoms with Gasteiger partial charge in [0.25, 0.3) is 0 Å². The molecule has 0 aromatic heterocycles. The highest BCUT2D eigenvalue weighted by Gasteiger charge is 1.94. The molecule has 0 unspecified atom stereocenters. The van der Waals surface area contributed by atoms with Crippen molar-refractivity contribution < 1.29 is 14.3 Å². The van der Waals surface area contributed by atoms with Crippen LogP contribution in [0.1, 0.15) is 0 Å². The maximum atomic E-state index is 10.1. The van der Waals surface area contributed by atoms with Crippen molar-refractivity contribution in [3.63, 3.8) is 0 Å². The summed E-state index contributed by atoms with van der Waals surface area (Å²) in [4.78, 5) is 20.1. The number of carbonyl (C=O) groups excluding carboxylic acids is 2. The van der Waals surface area contributed by atoms with Gasteiger partial charge in [-0.15, -0.1) is 0 Å². The Morgan fingerprint density at radius 1 is 1.36 bits per heavy atom. The van der Waals surface area contributed by atoms with E-state index in [1.54, 1.807) is 0 Å². The van der Waals surface area contributed by atoms with Gasteiger partial charge in [-0.2, -0.15) is 0 Å². The topological polar surface area (TPSA) is 107 Å². The van der Waals surface area contributed by atoms with Gasteiger partial charge in [0.2, 0.25) is 5.91 Å². The average Bonchev–Trinajstić information content (AvgIpc) is 1.85. The zero-order valence-corrected chi connectivity index (χ0v) is 6.00. The number of carbonyl (C=O) groups is 2. The first-order valence-electron chi connectivity index (χ1n) is 3.04. The smallest absolute Gasteiger partial charge is 0.404 e. The van der Waals surface area contributed by atoms with Crippen LogP contribution in [0.2, 0.25) is 0 Å². The average molecular weight is 161 g/mol. The highest BCUT2D eigenvalue weighted by Crippen LogP contribution is 1.70. The second kappa shape index (κ2) is 5.48. The van der Waals surface area contributed by atoms with Gasteiger partial charge in [0, 0.05) is 6.54 Å². The van der Waals surface area contributed by atoms with Gasteiger partial charge in [-0.05, 0) is 0 Å². The second-order valence-electron chi connectivity index (χ2n) is 1.81. The number of ether oxygens (including phenoxy) is 1. The standard InChI is InChI=1S/C5H11N3O3/c6-4(9)3-8-1-2-11-5(7)10/h8H,1-3H2,(H2,6,9)(H2,7,10). The van der Waals surface area contributed by atoms with E-state index in [1.165, 1.54) is 0 Å². The SMILES string of the molecule is NC(=O)CNCCOC(N)=O. The molecule has 2 amide bonds. The molecule has 0 rings (SSSR count). The third-order valence-corrected chi connectivity index (χ3v) is 0.822. The molecule has 6 nitrogen and oxygen atoms in total. The van der Waals surface area contributed by atoms with E-state index in [2.05, 4.69) is 15.8 Å². The van der Waals surface area contributed by atoms with E-state index in [-0.39, 0.29) is 13.2 Å². The quantitative estimate of drug-likeness (QED) is 0.411. The summed E-state index contributed by atoms with van der Waals surface area (Å²) in [7, 11) is 0. The van der Waals surface area contributed by atoms with Gasteiger partial charge in [-0.25, -0.2) is 4.79 Å². The maximum absolute atomic E-state index is 10.1. The largest absolute Gasteiger partial charge is 0.448 e. The summed E-state index contributed by atoms with van der Waals surface area (Å²) in [5.74, 6) is -0.455. The highest BCUT2D eigenvalue weighted by atomic mass is 16.5. The number of nitrogens with one attached hydrogen (secondary N) is 1. The Labute approximate surface area is 63.9 Å². The molecule has 0 bridgehead atoms. The molecule has 0 aromatic carbocycles. The summed E-state index contributed by atoms with van der Waals surface area (Å²) in [5, 5.41) is 2.63. The molecule has 0 heterocycles. The highest BCUT2D eigenvalue weighted by molar-refractivity contribution is 5.75. The van der Waals surface area contributed by atoms with Gasteiger partial charge in [0.1, 0.15) is 6.61 Å². The van der Waals surface area contributed by atoms with Gasteiger partial charge in [0.05, 0.1) is 6.54 Å². The van der Waals surface area contributed by atoms with Crippen molar-refractivity contribution in [1.82, 2.24) is 5.32 Å². The van der Waals surface area contributed by atoms with E-state index in [0.717, 1.165) is 0 Å². The minimum Gasteiger partial charge on any atom is -0.448 e. The molecule has 0 fully saturated rings. The van der Waals surface area contributed by atoms with Crippen LogP contribution in [0.3, 0.4) is 0 Å². The van der Waals surface area contributed by atoms with Crippen molar-refractivity contribution in [2.75, 3.05) is 19.7 Å². The molecule has 64 valence electrons. The minimum atomic E-state index is -0.828. The zero-order valence-electron chi connectivity index (χ0n) is 6.00. The van der Waals surface area contributed by atoms with Crippen LogP contribution in [-0.4, -0.2) is 31.7 Å². The lowest BCUT2D eigenvalue weighted by molar-refractivity contribution is -0.117.